The van der Waals surface area contributed by atoms with Crippen molar-refractivity contribution >= 4 is 5.91 Å². The number of hydrogen-bond donors (Lipinski definition) is 1. The minimum Gasteiger partial charge on any atom is -0.504 e. The smallest absolute Gasteiger partial charge is 0.254 e. The molecule has 4 nitrogen and oxygen atoms in total. The van der Waals surface area contributed by atoms with Gasteiger partial charge in [0.1, 0.15) is 0 Å². The number of rotatable bonds is 2. The Balaban J connectivity index is 1.82. The number of phenols is 1. The van der Waals surface area contributed by atoms with E-state index in [9.17, 15) is 9.90 Å². The van der Waals surface area contributed by atoms with Crippen molar-refractivity contribution in [2.45, 2.75) is 13.0 Å². The van der Waals surface area contributed by atoms with Gasteiger partial charge in [0, 0.05) is 18.7 Å². The van der Waals surface area contributed by atoms with Crippen molar-refractivity contribution in [3.05, 3.63) is 59.2 Å². The molecule has 3 rings (SSSR count). The summed E-state index contributed by atoms with van der Waals surface area (Å²) in [6.45, 7) is 1.31. The molecule has 108 valence electrons. The molecule has 0 saturated carbocycles. The maximum absolute atomic E-state index is 12.5. The molecule has 0 saturated heterocycles. The van der Waals surface area contributed by atoms with E-state index in [1.54, 1.807) is 12.1 Å². The highest BCUT2D eigenvalue weighted by atomic mass is 16.5. The zero-order chi connectivity index (χ0) is 14.8. The van der Waals surface area contributed by atoms with Gasteiger partial charge in [-0.15, -0.1) is 0 Å². The van der Waals surface area contributed by atoms with E-state index in [0.717, 1.165) is 6.42 Å². The van der Waals surface area contributed by atoms with Gasteiger partial charge < -0.3 is 14.7 Å². The summed E-state index contributed by atoms with van der Waals surface area (Å²) in [6, 6.07) is 12.9. The van der Waals surface area contributed by atoms with Gasteiger partial charge in [-0.1, -0.05) is 24.3 Å². The van der Waals surface area contributed by atoms with Gasteiger partial charge in [0.2, 0.25) is 0 Å². The van der Waals surface area contributed by atoms with Crippen LogP contribution in [0.1, 0.15) is 21.5 Å². The van der Waals surface area contributed by atoms with E-state index in [0.29, 0.717) is 24.4 Å². The number of carbonyl (C=O) groups is 1. The van der Waals surface area contributed by atoms with Crippen LogP contribution in [0.15, 0.2) is 42.5 Å². The van der Waals surface area contributed by atoms with Crippen molar-refractivity contribution in [3.8, 4) is 11.5 Å². The number of methoxy groups -OCH3 is 1. The molecular formula is C17H17NO3. The molecule has 0 aliphatic carbocycles. The summed E-state index contributed by atoms with van der Waals surface area (Å²) < 4.78 is 5.00. The van der Waals surface area contributed by atoms with Gasteiger partial charge in [-0.2, -0.15) is 0 Å². The number of hydrogen-bond acceptors (Lipinski definition) is 3. The first-order valence-corrected chi connectivity index (χ1v) is 6.92. The average molecular weight is 283 g/mol. The predicted octanol–water partition coefficient (Wildman–Crippen LogP) is 2.60. The minimum atomic E-state index is -0.0672. The lowest BCUT2D eigenvalue weighted by atomic mass is 9.99. The molecular weight excluding hydrogens is 266 g/mol. The molecule has 1 aliphatic heterocycles. The summed E-state index contributed by atoms with van der Waals surface area (Å²) >= 11 is 0. The number of benzene rings is 2. The number of carbonyl (C=O) groups excluding carboxylic acids is 1. The zero-order valence-corrected chi connectivity index (χ0v) is 11.9. The Morgan fingerprint density at radius 1 is 1.19 bits per heavy atom. The van der Waals surface area contributed by atoms with Crippen LogP contribution in [-0.4, -0.2) is 29.6 Å². The van der Waals surface area contributed by atoms with Crippen LogP contribution in [0.2, 0.25) is 0 Å². The molecule has 0 fully saturated rings. The SMILES string of the molecule is COc1ccc(C(=O)N2CCc3ccccc3C2)cc1O. The molecule has 4 heteroatoms. The molecule has 1 aliphatic rings. The lowest BCUT2D eigenvalue weighted by Gasteiger charge is -2.29. The van der Waals surface area contributed by atoms with Crippen LogP contribution in [0.25, 0.3) is 0 Å². The van der Waals surface area contributed by atoms with Gasteiger partial charge in [-0.3, -0.25) is 4.79 Å². The topological polar surface area (TPSA) is 49.8 Å². The van der Waals surface area contributed by atoms with Gasteiger partial charge in [0.25, 0.3) is 5.91 Å². The number of amides is 1. The van der Waals surface area contributed by atoms with E-state index >= 15 is 0 Å². The van der Waals surface area contributed by atoms with E-state index in [2.05, 4.69) is 12.1 Å². The van der Waals surface area contributed by atoms with E-state index in [1.165, 1.54) is 24.3 Å². The lowest BCUT2D eigenvalue weighted by molar-refractivity contribution is 0.0734. The largest absolute Gasteiger partial charge is 0.504 e. The highest BCUT2D eigenvalue weighted by molar-refractivity contribution is 5.95. The van der Waals surface area contributed by atoms with Crippen LogP contribution in [0.3, 0.4) is 0 Å². The fourth-order valence-electron chi connectivity index (χ4n) is 2.67. The first kappa shape index (κ1) is 13.5. The Kier molecular flexibility index (Phi) is 3.52. The number of nitrogens with zero attached hydrogens (tertiary/aromatic N) is 1. The van der Waals surface area contributed by atoms with Crippen molar-refractivity contribution in [1.29, 1.82) is 0 Å². The molecule has 0 spiro atoms. The average Bonchev–Trinajstić information content (AvgIpc) is 2.53. The van der Waals surface area contributed by atoms with Gasteiger partial charge in [-0.25, -0.2) is 0 Å². The number of aromatic hydroxyl groups is 1. The molecule has 1 amide bonds. The third kappa shape index (κ3) is 2.57. The maximum atomic E-state index is 12.5. The molecule has 2 aromatic rings. The molecule has 21 heavy (non-hydrogen) atoms. The second kappa shape index (κ2) is 5.48. The van der Waals surface area contributed by atoms with Crippen molar-refractivity contribution in [1.82, 2.24) is 4.90 Å². The quantitative estimate of drug-likeness (QED) is 0.921. The van der Waals surface area contributed by atoms with E-state index in [4.69, 9.17) is 4.74 Å². The van der Waals surface area contributed by atoms with Gasteiger partial charge in [0.15, 0.2) is 11.5 Å². The van der Waals surface area contributed by atoms with E-state index < -0.39 is 0 Å². The van der Waals surface area contributed by atoms with Crippen molar-refractivity contribution in [3.63, 3.8) is 0 Å². The monoisotopic (exact) mass is 283 g/mol. The van der Waals surface area contributed by atoms with Crippen LogP contribution in [0, 0.1) is 0 Å². The molecule has 2 aromatic carbocycles. The van der Waals surface area contributed by atoms with Crippen LogP contribution in [0.5, 0.6) is 11.5 Å². The van der Waals surface area contributed by atoms with Crippen LogP contribution in [0.4, 0.5) is 0 Å². The highest BCUT2D eigenvalue weighted by Crippen LogP contribution is 2.28. The van der Waals surface area contributed by atoms with Crippen molar-refractivity contribution in [2.75, 3.05) is 13.7 Å². The third-order valence-electron chi connectivity index (χ3n) is 3.84. The first-order valence-electron chi connectivity index (χ1n) is 6.92. The summed E-state index contributed by atoms with van der Waals surface area (Å²) in [4.78, 5) is 14.3. The molecule has 1 heterocycles. The Morgan fingerprint density at radius 2 is 1.95 bits per heavy atom. The Morgan fingerprint density at radius 3 is 2.67 bits per heavy atom. The van der Waals surface area contributed by atoms with Crippen LogP contribution >= 0.6 is 0 Å². The van der Waals surface area contributed by atoms with E-state index in [-0.39, 0.29) is 11.7 Å². The summed E-state index contributed by atoms with van der Waals surface area (Å²) in [7, 11) is 1.48. The molecule has 1 N–H and O–H groups in total. The standard InChI is InChI=1S/C17H17NO3/c1-21-16-7-6-13(10-15(16)19)17(20)18-9-8-12-4-2-3-5-14(12)11-18/h2-7,10,19H,8-9,11H2,1H3. The lowest BCUT2D eigenvalue weighted by Crippen LogP contribution is -2.35. The van der Waals surface area contributed by atoms with Crippen LogP contribution in [-0.2, 0) is 13.0 Å². The Labute approximate surface area is 123 Å². The van der Waals surface area contributed by atoms with Gasteiger partial charge in [-0.05, 0) is 35.7 Å². The fourth-order valence-corrected chi connectivity index (χ4v) is 2.67. The molecule has 0 radical (unpaired) electrons. The predicted molar refractivity (Wildman–Crippen MR) is 79.5 cm³/mol. The summed E-state index contributed by atoms with van der Waals surface area (Å²) in [6.07, 6.45) is 0.865. The zero-order valence-electron chi connectivity index (χ0n) is 11.9. The van der Waals surface area contributed by atoms with Crippen molar-refractivity contribution in [2.24, 2.45) is 0 Å². The molecule has 0 atom stereocenters. The fraction of sp³-hybridized carbons (Fsp3) is 0.235. The summed E-state index contributed by atoms with van der Waals surface area (Å²) in [5.41, 5.74) is 2.97. The first-order chi connectivity index (χ1) is 10.2. The Bertz CT molecular complexity index is 681. The number of ether oxygens (including phenoxy) is 1. The number of fused-ring (bicyclic) bond motifs is 1. The maximum Gasteiger partial charge on any atom is 0.254 e. The van der Waals surface area contributed by atoms with E-state index in [1.807, 2.05) is 17.0 Å². The molecule has 0 aromatic heterocycles. The summed E-state index contributed by atoms with van der Waals surface area (Å²) in [5, 5.41) is 9.80. The highest BCUT2D eigenvalue weighted by Gasteiger charge is 2.22. The number of phenolic OH excluding ortho intramolecular Hbond substituents is 1. The van der Waals surface area contributed by atoms with Crippen LogP contribution < -0.4 is 4.74 Å². The molecule has 0 unspecified atom stereocenters. The minimum absolute atomic E-state index is 0.0132. The second-order valence-corrected chi connectivity index (χ2v) is 5.13. The third-order valence-corrected chi connectivity index (χ3v) is 3.84. The Hall–Kier alpha value is -2.49. The normalized spacial score (nSPS) is 13.7. The summed E-state index contributed by atoms with van der Waals surface area (Å²) in [5.74, 6) is 0.291. The van der Waals surface area contributed by atoms with Gasteiger partial charge in [0.05, 0.1) is 7.11 Å². The second-order valence-electron chi connectivity index (χ2n) is 5.13. The van der Waals surface area contributed by atoms with Gasteiger partial charge >= 0.3 is 0 Å². The molecule has 0 bridgehead atoms. The van der Waals surface area contributed by atoms with Crippen molar-refractivity contribution < 1.29 is 14.6 Å².